The van der Waals surface area contributed by atoms with Crippen molar-refractivity contribution in [2.75, 3.05) is 19.7 Å². The number of para-hydroxylation sites is 2. The second-order valence-electron chi connectivity index (χ2n) is 5.43. The SMILES string of the molecule is CC1CN(C(=O)C2COc3ccccc3O2)CCC1Cl. The zero-order valence-corrected chi connectivity index (χ0v) is 12.2. The number of amides is 1. The topological polar surface area (TPSA) is 38.8 Å². The Labute approximate surface area is 123 Å². The Morgan fingerprint density at radius 2 is 2.10 bits per heavy atom. The number of carbonyl (C=O) groups excluding carboxylic acids is 1. The fourth-order valence-electron chi connectivity index (χ4n) is 2.66. The second kappa shape index (κ2) is 5.52. The van der Waals surface area contributed by atoms with Crippen molar-refractivity contribution in [1.82, 2.24) is 4.90 Å². The Kier molecular flexibility index (Phi) is 3.74. The summed E-state index contributed by atoms with van der Waals surface area (Å²) in [6.45, 7) is 3.73. The van der Waals surface area contributed by atoms with Gasteiger partial charge in [0.2, 0.25) is 6.10 Å². The van der Waals surface area contributed by atoms with E-state index >= 15 is 0 Å². The maximum atomic E-state index is 12.5. The molecule has 2 aliphatic heterocycles. The molecule has 0 aliphatic carbocycles. The summed E-state index contributed by atoms with van der Waals surface area (Å²) in [4.78, 5) is 14.3. The van der Waals surface area contributed by atoms with Gasteiger partial charge in [-0.1, -0.05) is 19.1 Å². The van der Waals surface area contributed by atoms with Crippen LogP contribution in [0.1, 0.15) is 13.3 Å². The van der Waals surface area contributed by atoms with Gasteiger partial charge in [-0.15, -0.1) is 11.6 Å². The predicted molar refractivity (Wildman–Crippen MR) is 76.4 cm³/mol. The zero-order chi connectivity index (χ0) is 14.1. The summed E-state index contributed by atoms with van der Waals surface area (Å²) < 4.78 is 11.4. The number of piperidine rings is 1. The number of alkyl halides is 1. The van der Waals surface area contributed by atoms with Gasteiger partial charge in [-0.3, -0.25) is 4.79 Å². The van der Waals surface area contributed by atoms with Gasteiger partial charge in [-0.2, -0.15) is 0 Å². The maximum absolute atomic E-state index is 12.5. The van der Waals surface area contributed by atoms with Crippen LogP contribution in [-0.4, -0.2) is 42.0 Å². The van der Waals surface area contributed by atoms with Crippen molar-refractivity contribution in [1.29, 1.82) is 0 Å². The summed E-state index contributed by atoms with van der Waals surface area (Å²) in [5.74, 6) is 1.64. The Morgan fingerprint density at radius 1 is 1.35 bits per heavy atom. The van der Waals surface area contributed by atoms with Gasteiger partial charge >= 0.3 is 0 Å². The third-order valence-corrected chi connectivity index (χ3v) is 4.54. The zero-order valence-electron chi connectivity index (χ0n) is 11.4. The van der Waals surface area contributed by atoms with Crippen LogP contribution in [0, 0.1) is 5.92 Å². The standard InChI is InChI=1S/C15H18ClNO3/c1-10-8-17(7-6-11(10)16)15(18)14-9-19-12-4-2-3-5-13(12)20-14/h2-5,10-11,14H,6-9H2,1H3. The lowest BCUT2D eigenvalue weighted by Gasteiger charge is -2.36. The van der Waals surface area contributed by atoms with E-state index in [0.717, 1.165) is 6.42 Å². The van der Waals surface area contributed by atoms with Gasteiger partial charge < -0.3 is 14.4 Å². The van der Waals surface area contributed by atoms with Crippen molar-refractivity contribution in [3.63, 3.8) is 0 Å². The van der Waals surface area contributed by atoms with E-state index in [9.17, 15) is 4.79 Å². The lowest BCUT2D eigenvalue weighted by molar-refractivity contribution is -0.142. The first-order valence-corrected chi connectivity index (χ1v) is 7.40. The molecule has 4 nitrogen and oxygen atoms in total. The quantitative estimate of drug-likeness (QED) is 0.746. The van der Waals surface area contributed by atoms with Crippen LogP contribution in [0.2, 0.25) is 0 Å². The number of halogens is 1. The van der Waals surface area contributed by atoms with Crippen LogP contribution in [0.3, 0.4) is 0 Å². The summed E-state index contributed by atoms with van der Waals surface area (Å²) in [6.07, 6.45) is 0.280. The number of benzene rings is 1. The minimum atomic E-state index is -0.552. The van der Waals surface area contributed by atoms with Crippen molar-refractivity contribution in [2.24, 2.45) is 5.92 Å². The Bertz CT molecular complexity index is 508. The summed E-state index contributed by atoms with van der Waals surface area (Å²) in [7, 11) is 0. The molecular formula is C15H18ClNO3. The lowest BCUT2D eigenvalue weighted by Crippen LogP contribution is -2.51. The van der Waals surface area contributed by atoms with Crippen molar-refractivity contribution in [3.05, 3.63) is 24.3 Å². The van der Waals surface area contributed by atoms with E-state index in [1.807, 2.05) is 29.2 Å². The van der Waals surface area contributed by atoms with Crippen LogP contribution in [0.15, 0.2) is 24.3 Å². The van der Waals surface area contributed by atoms with Crippen molar-refractivity contribution in [3.8, 4) is 11.5 Å². The minimum Gasteiger partial charge on any atom is -0.485 e. The highest BCUT2D eigenvalue weighted by molar-refractivity contribution is 6.20. The second-order valence-corrected chi connectivity index (χ2v) is 5.99. The number of rotatable bonds is 1. The molecule has 0 aromatic heterocycles. The molecule has 0 spiro atoms. The van der Waals surface area contributed by atoms with E-state index in [2.05, 4.69) is 6.92 Å². The molecule has 1 aromatic carbocycles. The first-order chi connectivity index (χ1) is 9.65. The normalized spacial score (nSPS) is 29.1. The fourth-order valence-corrected chi connectivity index (χ4v) is 2.84. The van der Waals surface area contributed by atoms with Crippen molar-refractivity contribution in [2.45, 2.75) is 24.8 Å². The van der Waals surface area contributed by atoms with Crippen LogP contribution in [0.5, 0.6) is 11.5 Å². The van der Waals surface area contributed by atoms with Crippen molar-refractivity contribution < 1.29 is 14.3 Å². The molecule has 1 saturated heterocycles. The molecule has 3 rings (SSSR count). The van der Waals surface area contributed by atoms with Crippen LogP contribution in [0.4, 0.5) is 0 Å². The number of hydrogen-bond acceptors (Lipinski definition) is 3. The molecule has 0 N–H and O–H groups in total. The van der Waals surface area contributed by atoms with Crippen LogP contribution < -0.4 is 9.47 Å². The first-order valence-electron chi connectivity index (χ1n) is 6.96. The number of likely N-dealkylation sites (tertiary alicyclic amines) is 1. The maximum Gasteiger partial charge on any atom is 0.267 e. The van der Waals surface area contributed by atoms with Crippen molar-refractivity contribution >= 4 is 17.5 Å². The molecular weight excluding hydrogens is 278 g/mol. The molecule has 2 aliphatic rings. The molecule has 0 radical (unpaired) electrons. The highest BCUT2D eigenvalue weighted by Crippen LogP contribution is 2.32. The van der Waals surface area contributed by atoms with E-state index in [1.54, 1.807) is 0 Å². The van der Waals surface area contributed by atoms with Gasteiger partial charge in [0.1, 0.15) is 6.61 Å². The van der Waals surface area contributed by atoms with E-state index in [0.29, 0.717) is 30.5 Å². The molecule has 5 heteroatoms. The van der Waals surface area contributed by atoms with E-state index in [-0.39, 0.29) is 17.9 Å². The summed E-state index contributed by atoms with van der Waals surface area (Å²) in [5, 5.41) is 0.156. The van der Waals surface area contributed by atoms with Crippen LogP contribution in [-0.2, 0) is 4.79 Å². The summed E-state index contributed by atoms with van der Waals surface area (Å²) in [6, 6.07) is 7.42. The number of fused-ring (bicyclic) bond motifs is 1. The Morgan fingerprint density at radius 3 is 2.85 bits per heavy atom. The Hall–Kier alpha value is -1.42. The van der Waals surface area contributed by atoms with E-state index in [1.165, 1.54) is 0 Å². The molecule has 3 unspecified atom stereocenters. The van der Waals surface area contributed by atoms with Gasteiger partial charge in [0.15, 0.2) is 11.5 Å². The number of carbonyl (C=O) groups is 1. The third kappa shape index (κ3) is 2.57. The molecule has 1 fully saturated rings. The summed E-state index contributed by atoms with van der Waals surface area (Å²) >= 11 is 6.20. The van der Waals surface area contributed by atoms with Gasteiger partial charge in [-0.05, 0) is 24.5 Å². The van der Waals surface area contributed by atoms with E-state index in [4.69, 9.17) is 21.1 Å². The van der Waals surface area contributed by atoms with Crippen LogP contribution >= 0.6 is 11.6 Å². The Balaban J connectivity index is 1.67. The molecule has 1 amide bonds. The predicted octanol–water partition coefficient (Wildman–Crippen LogP) is 2.30. The van der Waals surface area contributed by atoms with Gasteiger partial charge in [0.25, 0.3) is 5.91 Å². The molecule has 2 heterocycles. The number of nitrogens with zero attached hydrogens (tertiary/aromatic N) is 1. The molecule has 3 atom stereocenters. The van der Waals surface area contributed by atoms with Crippen LogP contribution in [0.25, 0.3) is 0 Å². The summed E-state index contributed by atoms with van der Waals surface area (Å²) in [5.41, 5.74) is 0. The monoisotopic (exact) mass is 295 g/mol. The minimum absolute atomic E-state index is 0.00470. The average Bonchev–Trinajstić information content (AvgIpc) is 2.49. The van der Waals surface area contributed by atoms with Gasteiger partial charge in [0, 0.05) is 18.5 Å². The third-order valence-electron chi connectivity index (χ3n) is 3.90. The van der Waals surface area contributed by atoms with Gasteiger partial charge in [0.05, 0.1) is 0 Å². The number of ether oxygens (including phenoxy) is 2. The van der Waals surface area contributed by atoms with Gasteiger partial charge in [-0.25, -0.2) is 0 Å². The first kappa shape index (κ1) is 13.6. The molecule has 20 heavy (non-hydrogen) atoms. The molecule has 0 bridgehead atoms. The molecule has 1 aromatic rings. The molecule has 108 valence electrons. The fraction of sp³-hybridized carbons (Fsp3) is 0.533. The lowest BCUT2D eigenvalue weighted by atomic mass is 9.99. The number of hydrogen-bond donors (Lipinski definition) is 0. The smallest absolute Gasteiger partial charge is 0.267 e. The largest absolute Gasteiger partial charge is 0.485 e. The average molecular weight is 296 g/mol. The highest BCUT2D eigenvalue weighted by Gasteiger charge is 2.34. The highest BCUT2D eigenvalue weighted by atomic mass is 35.5. The van der Waals surface area contributed by atoms with E-state index < -0.39 is 6.10 Å². The molecule has 0 saturated carbocycles.